The van der Waals surface area contributed by atoms with Crippen molar-refractivity contribution in [2.75, 3.05) is 0 Å². The second-order valence-corrected chi connectivity index (χ2v) is 5.12. The Bertz CT molecular complexity index is 517. The van der Waals surface area contributed by atoms with E-state index in [0.717, 1.165) is 18.4 Å². The molecule has 0 heterocycles. The molecule has 98 valence electrons. The third-order valence-electron chi connectivity index (χ3n) is 3.08. The molecule has 2 heteroatoms. The Labute approximate surface area is 119 Å². The first-order valence-corrected chi connectivity index (χ1v) is 6.92. The molecular weight excluding hydrogens is 256 g/mol. The van der Waals surface area contributed by atoms with Crippen LogP contribution in [0, 0.1) is 0 Å². The Morgan fingerprint density at radius 2 is 1.58 bits per heavy atom. The van der Waals surface area contributed by atoms with E-state index in [4.69, 9.17) is 11.6 Å². The first-order valence-electron chi connectivity index (χ1n) is 6.54. The van der Waals surface area contributed by atoms with Crippen molar-refractivity contribution in [2.45, 2.75) is 25.7 Å². The van der Waals surface area contributed by atoms with Crippen LogP contribution in [0.15, 0.2) is 54.6 Å². The molecule has 2 rings (SSSR count). The van der Waals surface area contributed by atoms with Crippen molar-refractivity contribution in [1.29, 1.82) is 0 Å². The normalized spacial score (nSPS) is 10.4. The molecule has 0 aromatic heterocycles. The van der Waals surface area contributed by atoms with E-state index in [9.17, 15) is 4.79 Å². The van der Waals surface area contributed by atoms with Gasteiger partial charge in [0.2, 0.25) is 0 Å². The molecule has 0 spiro atoms. The van der Waals surface area contributed by atoms with Gasteiger partial charge in [-0.3, -0.25) is 4.79 Å². The Balaban J connectivity index is 1.74. The average Bonchev–Trinajstić information content (AvgIpc) is 2.43. The quantitative estimate of drug-likeness (QED) is 0.758. The summed E-state index contributed by atoms with van der Waals surface area (Å²) < 4.78 is 0. The number of halogens is 1. The molecule has 0 N–H and O–H groups in total. The first kappa shape index (κ1) is 13.8. The maximum atomic E-state index is 11.9. The molecule has 2 aromatic rings. The van der Waals surface area contributed by atoms with Gasteiger partial charge in [-0.05, 0) is 36.1 Å². The van der Waals surface area contributed by atoms with Gasteiger partial charge in [0.1, 0.15) is 5.78 Å². The van der Waals surface area contributed by atoms with Gasteiger partial charge in [0, 0.05) is 17.9 Å². The van der Waals surface area contributed by atoms with Crippen molar-refractivity contribution < 1.29 is 4.79 Å². The monoisotopic (exact) mass is 272 g/mol. The topological polar surface area (TPSA) is 17.1 Å². The molecule has 0 amide bonds. The molecule has 0 radical (unpaired) electrons. The number of carbonyl (C=O) groups is 1. The molecule has 0 fully saturated rings. The lowest BCUT2D eigenvalue weighted by atomic mass is 10.0. The maximum absolute atomic E-state index is 11.9. The van der Waals surface area contributed by atoms with Gasteiger partial charge in [-0.15, -0.1) is 0 Å². The minimum atomic E-state index is 0.290. The molecule has 0 atom stereocenters. The van der Waals surface area contributed by atoms with E-state index in [0.29, 0.717) is 23.6 Å². The van der Waals surface area contributed by atoms with Gasteiger partial charge in [-0.2, -0.15) is 0 Å². The molecule has 0 aliphatic rings. The van der Waals surface area contributed by atoms with Crippen LogP contribution in [0.4, 0.5) is 0 Å². The highest BCUT2D eigenvalue weighted by atomic mass is 35.5. The van der Waals surface area contributed by atoms with E-state index in [-0.39, 0.29) is 0 Å². The number of rotatable bonds is 6. The van der Waals surface area contributed by atoms with Crippen LogP contribution in [-0.2, 0) is 17.6 Å². The summed E-state index contributed by atoms with van der Waals surface area (Å²) in [6, 6.07) is 17.8. The van der Waals surface area contributed by atoms with Crippen molar-refractivity contribution in [3.63, 3.8) is 0 Å². The first-order chi connectivity index (χ1) is 9.24. The second-order valence-electron chi connectivity index (χ2n) is 4.68. The number of aryl methyl sites for hydroxylation is 1. The van der Waals surface area contributed by atoms with E-state index in [2.05, 4.69) is 12.1 Å². The fourth-order valence-electron chi connectivity index (χ4n) is 2.05. The van der Waals surface area contributed by atoms with Gasteiger partial charge in [-0.25, -0.2) is 0 Å². The minimum Gasteiger partial charge on any atom is -0.299 e. The predicted octanol–water partition coefficient (Wildman–Crippen LogP) is 4.47. The number of hydrogen-bond acceptors (Lipinski definition) is 1. The van der Waals surface area contributed by atoms with Gasteiger partial charge in [0.15, 0.2) is 0 Å². The summed E-state index contributed by atoms with van der Waals surface area (Å²) in [6.45, 7) is 0. The lowest BCUT2D eigenvalue weighted by molar-refractivity contribution is -0.118. The molecule has 0 aliphatic carbocycles. The summed E-state index contributed by atoms with van der Waals surface area (Å²) in [5, 5.41) is 0.709. The highest BCUT2D eigenvalue weighted by Gasteiger charge is 2.04. The second kappa shape index (κ2) is 7.10. The van der Waals surface area contributed by atoms with E-state index >= 15 is 0 Å². The van der Waals surface area contributed by atoms with E-state index in [1.54, 1.807) is 0 Å². The van der Waals surface area contributed by atoms with E-state index < -0.39 is 0 Å². The van der Waals surface area contributed by atoms with Crippen LogP contribution in [0.25, 0.3) is 0 Å². The summed E-state index contributed by atoms with van der Waals surface area (Å²) in [5.74, 6) is 0.290. The van der Waals surface area contributed by atoms with Crippen LogP contribution in [0.5, 0.6) is 0 Å². The van der Waals surface area contributed by atoms with Gasteiger partial charge < -0.3 is 0 Å². The van der Waals surface area contributed by atoms with Crippen molar-refractivity contribution in [2.24, 2.45) is 0 Å². The van der Waals surface area contributed by atoms with Gasteiger partial charge in [-0.1, -0.05) is 54.1 Å². The average molecular weight is 273 g/mol. The number of carbonyl (C=O) groups excluding carboxylic acids is 1. The van der Waals surface area contributed by atoms with Gasteiger partial charge in [0.25, 0.3) is 0 Å². The summed E-state index contributed by atoms with van der Waals surface area (Å²) in [5.41, 5.74) is 2.33. The molecule has 0 unspecified atom stereocenters. The Hall–Kier alpha value is -1.60. The number of hydrogen-bond donors (Lipinski definition) is 0. The SMILES string of the molecule is O=C(CCCc1ccccc1)Cc1ccc(Cl)cc1. The largest absolute Gasteiger partial charge is 0.299 e. The van der Waals surface area contributed by atoms with E-state index in [1.807, 2.05) is 42.5 Å². The molecule has 0 bridgehead atoms. The third kappa shape index (κ3) is 4.88. The van der Waals surface area contributed by atoms with Crippen LogP contribution in [0.3, 0.4) is 0 Å². The number of ketones is 1. The molecule has 19 heavy (non-hydrogen) atoms. The van der Waals surface area contributed by atoms with Gasteiger partial charge in [0.05, 0.1) is 0 Å². The van der Waals surface area contributed by atoms with Crippen molar-refractivity contribution in [3.05, 3.63) is 70.7 Å². The zero-order chi connectivity index (χ0) is 13.5. The fraction of sp³-hybridized carbons (Fsp3) is 0.235. The number of Topliss-reactive ketones (excluding diaryl/α,β-unsaturated/α-hetero) is 1. The third-order valence-corrected chi connectivity index (χ3v) is 3.33. The molecule has 1 nitrogen and oxygen atoms in total. The smallest absolute Gasteiger partial charge is 0.137 e. The highest BCUT2D eigenvalue weighted by Crippen LogP contribution is 2.12. The van der Waals surface area contributed by atoms with Crippen molar-refractivity contribution in [3.8, 4) is 0 Å². The standard InChI is InChI=1S/C17H17ClO/c18-16-11-9-15(10-12-16)13-17(19)8-4-7-14-5-2-1-3-6-14/h1-3,5-6,9-12H,4,7-8,13H2. The fourth-order valence-corrected chi connectivity index (χ4v) is 2.18. The highest BCUT2D eigenvalue weighted by molar-refractivity contribution is 6.30. The number of benzene rings is 2. The zero-order valence-electron chi connectivity index (χ0n) is 10.8. The molecule has 0 aliphatic heterocycles. The predicted molar refractivity (Wildman–Crippen MR) is 79.5 cm³/mol. The molecule has 0 saturated carbocycles. The summed E-state index contributed by atoms with van der Waals surface area (Å²) in [4.78, 5) is 11.9. The Morgan fingerprint density at radius 3 is 2.26 bits per heavy atom. The van der Waals surface area contributed by atoms with E-state index in [1.165, 1.54) is 5.56 Å². The van der Waals surface area contributed by atoms with Crippen molar-refractivity contribution >= 4 is 17.4 Å². The molecular formula is C17H17ClO. The Morgan fingerprint density at radius 1 is 0.895 bits per heavy atom. The van der Waals surface area contributed by atoms with Crippen LogP contribution >= 0.6 is 11.6 Å². The summed E-state index contributed by atoms with van der Waals surface area (Å²) in [7, 11) is 0. The molecule has 0 saturated heterocycles. The summed E-state index contributed by atoms with van der Waals surface area (Å²) in [6.07, 6.45) is 3.02. The lowest BCUT2D eigenvalue weighted by Gasteiger charge is -2.02. The van der Waals surface area contributed by atoms with Crippen LogP contribution in [-0.4, -0.2) is 5.78 Å². The molecule has 2 aromatic carbocycles. The lowest BCUT2D eigenvalue weighted by Crippen LogP contribution is -2.03. The maximum Gasteiger partial charge on any atom is 0.137 e. The Kier molecular flexibility index (Phi) is 5.17. The van der Waals surface area contributed by atoms with Crippen LogP contribution < -0.4 is 0 Å². The zero-order valence-corrected chi connectivity index (χ0v) is 11.6. The van der Waals surface area contributed by atoms with Crippen LogP contribution in [0.2, 0.25) is 5.02 Å². The van der Waals surface area contributed by atoms with Crippen LogP contribution in [0.1, 0.15) is 24.0 Å². The minimum absolute atomic E-state index is 0.290. The van der Waals surface area contributed by atoms with Crippen molar-refractivity contribution in [1.82, 2.24) is 0 Å². The van der Waals surface area contributed by atoms with Gasteiger partial charge >= 0.3 is 0 Å². The summed E-state index contributed by atoms with van der Waals surface area (Å²) >= 11 is 5.81.